The van der Waals surface area contributed by atoms with E-state index >= 15 is 0 Å². The van der Waals surface area contributed by atoms with E-state index in [1.807, 2.05) is 0 Å². The van der Waals surface area contributed by atoms with Crippen molar-refractivity contribution in [2.75, 3.05) is 18.5 Å². The highest BCUT2D eigenvalue weighted by Crippen LogP contribution is 2.32. The fraction of sp³-hybridized carbons (Fsp3) is 0.118. The zero-order valence-electron chi connectivity index (χ0n) is 12.9. The lowest BCUT2D eigenvalue weighted by atomic mass is 10.2. The highest BCUT2D eigenvalue weighted by atomic mass is 19.1. The van der Waals surface area contributed by atoms with Gasteiger partial charge in [0, 0.05) is 17.3 Å². The molecule has 0 spiro atoms. The van der Waals surface area contributed by atoms with E-state index < -0.39 is 11.7 Å². The van der Waals surface area contributed by atoms with Crippen LogP contribution in [0.15, 0.2) is 46.9 Å². The maximum atomic E-state index is 13.3. The van der Waals surface area contributed by atoms with E-state index in [1.165, 1.54) is 18.2 Å². The predicted octanol–water partition coefficient (Wildman–Crippen LogP) is 2.90. The minimum atomic E-state index is -0.577. The van der Waals surface area contributed by atoms with Crippen molar-refractivity contribution in [1.82, 2.24) is 10.2 Å². The molecule has 1 aliphatic rings. The number of rotatable bonds is 3. The van der Waals surface area contributed by atoms with E-state index in [1.54, 1.807) is 24.3 Å². The van der Waals surface area contributed by atoms with Crippen LogP contribution in [0.4, 0.5) is 10.1 Å². The molecule has 1 aliphatic heterocycles. The zero-order valence-corrected chi connectivity index (χ0v) is 12.9. The van der Waals surface area contributed by atoms with Crippen molar-refractivity contribution in [1.29, 1.82) is 0 Å². The Hall–Kier alpha value is -3.42. The summed E-state index contributed by atoms with van der Waals surface area (Å²) in [7, 11) is 0. The Morgan fingerprint density at radius 3 is 2.72 bits per heavy atom. The van der Waals surface area contributed by atoms with Gasteiger partial charge in [0.2, 0.25) is 5.89 Å². The van der Waals surface area contributed by atoms with Gasteiger partial charge in [-0.25, -0.2) is 4.39 Å². The molecule has 8 heteroatoms. The second-order valence-corrected chi connectivity index (χ2v) is 5.24. The van der Waals surface area contributed by atoms with Crippen molar-refractivity contribution < 1.29 is 23.1 Å². The zero-order chi connectivity index (χ0) is 17.2. The van der Waals surface area contributed by atoms with Crippen molar-refractivity contribution in [2.24, 2.45) is 0 Å². The molecule has 0 aliphatic carbocycles. The van der Waals surface area contributed by atoms with Gasteiger partial charge < -0.3 is 19.2 Å². The van der Waals surface area contributed by atoms with Crippen molar-refractivity contribution in [2.45, 2.75) is 0 Å². The number of benzene rings is 2. The summed E-state index contributed by atoms with van der Waals surface area (Å²) in [6.07, 6.45) is 0. The molecule has 0 saturated carbocycles. The van der Waals surface area contributed by atoms with E-state index in [0.717, 1.165) is 0 Å². The van der Waals surface area contributed by atoms with E-state index in [-0.39, 0.29) is 11.8 Å². The van der Waals surface area contributed by atoms with Crippen molar-refractivity contribution in [3.8, 4) is 23.0 Å². The minimum Gasteiger partial charge on any atom is -0.486 e. The number of carbonyl (C=O) groups excluding carboxylic acids is 1. The molecule has 1 aromatic heterocycles. The Bertz CT molecular complexity index is 941. The summed E-state index contributed by atoms with van der Waals surface area (Å²) >= 11 is 0. The first-order valence-electron chi connectivity index (χ1n) is 7.49. The van der Waals surface area contributed by atoms with Gasteiger partial charge in [-0.1, -0.05) is 6.07 Å². The number of fused-ring (bicyclic) bond motifs is 1. The van der Waals surface area contributed by atoms with Crippen LogP contribution >= 0.6 is 0 Å². The number of nitrogens with zero attached hydrogens (tertiary/aromatic N) is 2. The first-order valence-corrected chi connectivity index (χ1v) is 7.49. The lowest BCUT2D eigenvalue weighted by Crippen LogP contribution is -2.16. The van der Waals surface area contributed by atoms with E-state index in [9.17, 15) is 9.18 Å². The highest BCUT2D eigenvalue weighted by Gasteiger charge is 2.18. The van der Waals surface area contributed by atoms with Crippen molar-refractivity contribution in [3.05, 3.63) is 54.2 Å². The first-order chi connectivity index (χ1) is 12.2. The van der Waals surface area contributed by atoms with Crippen LogP contribution in [0.5, 0.6) is 11.5 Å². The molecule has 1 amide bonds. The lowest BCUT2D eigenvalue weighted by molar-refractivity contribution is 0.0990. The summed E-state index contributed by atoms with van der Waals surface area (Å²) in [6, 6.07) is 10.7. The van der Waals surface area contributed by atoms with Gasteiger partial charge in [0.05, 0.1) is 0 Å². The summed E-state index contributed by atoms with van der Waals surface area (Å²) in [5, 5.41) is 10.1. The fourth-order valence-electron chi connectivity index (χ4n) is 2.36. The van der Waals surface area contributed by atoms with Crippen LogP contribution in [0.3, 0.4) is 0 Å². The molecular weight excluding hydrogens is 329 g/mol. The number of hydrogen-bond acceptors (Lipinski definition) is 6. The van der Waals surface area contributed by atoms with Gasteiger partial charge in [-0.15, -0.1) is 10.2 Å². The number of aromatic nitrogens is 2. The Kier molecular flexibility index (Phi) is 3.77. The van der Waals surface area contributed by atoms with Crippen molar-refractivity contribution in [3.63, 3.8) is 0 Å². The standard InChI is InChI=1S/C17H12FN3O4/c18-11-3-1-2-10(8-11)16-20-21-17(25-16)15(22)19-12-4-5-13-14(9-12)24-7-6-23-13/h1-5,8-9H,6-7H2,(H,19,22). The number of halogens is 1. The molecule has 0 fully saturated rings. The second kappa shape index (κ2) is 6.23. The summed E-state index contributed by atoms with van der Waals surface area (Å²) in [4.78, 5) is 12.2. The van der Waals surface area contributed by atoms with Gasteiger partial charge in [0.15, 0.2) is 11.5 Å². The molecule has 2 aromatic carbocycles. The number of amides is 1. The average molecular weight is 341 g/mol. The molecule has 2 heterocycles. The smallest absolute Gasteiger partial charge is 0.313 e. The molecule has 126 valence electrons. The van der Waals surface area contributed by atoms with Crippen LogP contribution in [0.1, 0.15) is 10.7 Å². The molecule has 0 radical (unpaired) electrons. The van der Waals surface area contributed by atoms with Crippen LogP contribution in [0, 0.1) is 5.82 Å². The molecule has 25 heavy (non-hydrogen) atoms. The molecule has 1 N–H and O–H groups in total. The Morgan fingerprint density at radius 1 is 1.04 bits per heavy atom. The molecule has 0 atom stereocenters. The maximum absolute atomic E-state index is 13.3. The third-order valence-electron chi connectivity index (χ3n) is 3.49. The third kappa shape index (κ3) is 3.14. The van der Waals surface area contributed by atoms with Gasteiger partial charge in [-0.2, -0.15) is 0 Å². The van der Waals surface area contributed by atoms with E-state index in [2.05, 4.69) is 15.5 Å². The Labute approximate surface area is 141 Å². The normalized spacial score (nSPS) is 12.7. The summed E-state index contributed by atoms with van der Waals surface area (Å²) in [5.41, 5.74) is 0.894. The van der Waals surface area contributed by atoms with E-state index in [0.29, 0.717) is 36.0 Å². The van der Waals surface area contributed by atoms with Crippen LogP contribution in [-0.4, -0.2) is 29.3 Å². The molecular formula is C17H12FN3O4. The average Bonchev–Trinajstić information content (AvgIpc) is 3.12. The van der Waals surface area contributed by atoms with Gasteiger partial charge in [0.1, 0.15) is 19.0 Å². The minimum absolute atomic E-state index is 0.0619. The first kappa shape index (κ1) is 15.1. The van der Waals surface area contributed by atoms with Gasteiger partial charge in [-0.05, 0) is 30.3 Å². The van der Waals surface area contributed by atoms with Crippen LogP contribution in [0.25, 0.3) is 11.5 Å². The summed E-state index contributed by atoms with van der Waals surface area (Å²) in [6.45, 7) is 0.939. The molecule has 4 rings (SSSR count). The van der Waals surface area contributed by atoms with Gasteiger partial charge >= 0.3 is 11.8 Å². The van der Waals surface area contributed by atoms with Crippen molar-refractivity contribution >= 4 is 11.6 Å². The Balaban J connectivity index is 1.52. The third-order valence-corrected chi connectivity index (χ3v) is 3.49. The van der Waals surface area contributed by atoms with Gasteiger partial charge in [0.25, 0.3) is 0 Å². The number of nitrogens with one attached hydrogen (secondary N) is 1. The lowest BCUT2D eigenvalue weighted by Gasteiger charge is -2.18. The number of anilines is 1. The second-order valence-electron chi connectivity index (χ2n) is 5.24. The summed E-state index contributed by atoms with van der Waals surface area (Å²) < 4.78 is 29.4. The number of carbonyl (C=O) groups is 1. The molecule has 0 saturated heterocycles. The molecule has 0 bridgehead atoms. The highest BCUT2D eigenvalue weighted by molar-refractivity contribution is 6.01. The van der Waals surface area contributed by atoms with Crippen LogP contribution in [0.2, 0.25) is 0 Å². The molecule has 7 nitrogen and oxygen atoms in total. The number of ether oxygens (including phenoxy) is 2. The van der Waals surface area contributed by atoms with Crippen LogP contribution in [-0.2, 0) is 0 Å². The fourth-order valence-corrected chi connectivity index (χ4v) is 2.36. The van der Waals surface area contributed by atoms with E-state index in [4.69, 9.17) is 13.9 Å². The molecule has 3 aromatic rings. The largest absolute Gasteiger partial charge is 0.486 e. The van der Waals surface area contributed by atoms with Crippen LogP contribution < -0.4 is 14.8 Å². The predicted molar refractivity (Wildman–Crippen MR) is 85.1 cm³/mol. The number of hydrogen-bond donors (Lipinski definition) is 1. The summed E-state index contributed by atoms with van der Waals surface area (Å²) in [5.74, 6) is -0.00348. The quantitative estimate of drug-likeness (QED) is 0.788. The topological polar surface area (TPSA) is 86.5 Å². The SMILES string of the molecule is O=C(Nc1ccc2c(c1)OCCO2)c1nnc(-c2cccc(F)c2)o1. The van der Waals surface area contributed by atoms with Gasteiger partial charge in [-0.3, -0.25) is 4.79 Å². The maximum Gasteiger partial charge on any atom is 0.313 e. The monoisotopic (exact) mass is 341 g/mol. The molecule has 0 unspecified atom stereocenters. The Morgan fingerprint density at radius 2 is 1.88 bits per heavy atom.